The largest absolute Gasteiger partial charge is 0.288 e. The maximum absolute atomic E-state index is 12.9. The van der Waals surface area contributed by atoms with Crippen LogP contribution in [0.2, 0.25) is 10.0 Å². The van der Waals surface area contributed by atoms with E-state index in [-0.39, 0.29) is 5.56 Å². The SMILES string of the molecule is Cc1cc(=O)n(Cc2ccc(Cl)cc2Cl)c2c1c(C)nn2-c1ccccc1. The van der Waals surface area contributed by atoms with Crippen molar-refractivity contribution >= 4 is 34.2 Å². The summed E-state index contributed by atoms with van der Waals surface area (Å²) in [6, 6.07) is 16.8. The number of nitrogens with zero attached hydrogens (tertiary/aromatic N) is 3. The van der Waals surface area contributed by atoms with Crippen LogP contribution in [0.15, 0.2) is 59.4 Å². The second kappa shape index (κ2) is 6.87. The third-order valence-electron chi connectivity index (χ3n) is 4.64. The van der Waals surface area contributed by atoms with Crippen LogP contribution in [0.4, 0.5) is 0 Å². The molecule has 2 heterocycles. The molecule has 0 N–H and O–H groups in total. The Kier molecular flexibility index (Phi) is 4.54. The molecule has 0 aliphatic rings. The zero-order valence-corrected chi connectivity index (χ0v) is 16.4. The van der Waals surface area contributed by atoms with Crippen molar-refractivity contribution < 1.29 is 0 Å². The van der Waals surface area contributed by atoms with Crippen LogP contribution in [0.1, 0.15) is 16.8 Å². The summed E-state index contributed by atoms with van der Waals surface area (Å²) < 4.78 is 3.54. The molecule has 0 amide bonds. The third-order valence-corrected chi connectivity index (χ3v) is 5.22. The first-order valence-electron chi connectivity index (χ1n) is 8.55. The van der Waals surface area contributed by atoms with Crippen molar-refractivity contribution in [1.82, 2.24) is 14.3 Å². The molecule has 2 aromatic heterocycles. The molecule has 4 rings (SSSR count). The van der Waals surface area contributed by atoms with E-state index in [0.717, 1.165) is 33.5 Å². The van der Waals surface area contributed by atoms with Crippen LogP contribution >= 0.6 is 23.2 Å². The smallest absolute Gasteiger partial charge is 0.252 e. The first-order valence-corrected chi connectivity index (χ1v) is 9.30. The monoisotopic (exact) mass is 397 g/mol. The normalized spacial score (nSPS) is 11.3. The lowest BCUT2D eigenvalue weighted by molar-refractivity contribution is 0.750. The molecule has 6 heteroatoms. The average Bonchev–Trinajstić information content (AvgIpc) is 2.99. The van der Waals surface area contributed by atoms with Gasteiger partial charge in [-0.15, -0.1) is 0 Å². The third kappa shape index (κ3) is 3.15. The number of para-hydroxylation sites is 1. The molecule has 4 nitrogen and oxygen atoms in total. The molecular weight excluding hydrogens is 381 g/mol. The van der Waals surface area contributed by atoms with E-state index in [4.69, 9.17) is 28.3 Å². The van der Waals surface area contributed by atoms with Gasteiger partial charge in [-0.2, -0.15) is 5.10 Å². The van der Waals surface area contributed by atoms with Crippen molar-refractivity contribution in [3.8, 4) is 5.69 Å². The van der Waals surface area contributed by atoms with Crippen LogP contribution in [-0.4, -0.2) is 14.3 Å². The molecule has 27 heavy (non-hydrogen) atoms. The fourth-order valence-electron chi connectivity index (χ4n) is 3.39. The maximum atomic E-state index is 12.9. The molecule has 136 valence electrons. The summed E-state index contributed by atoms with van der Waals surface area (Å²) in [6.07, 6.45) is 0. The van der Waals surface area contributed by atoms with Crippen LogP contribution in [-0.2, 0) is 6.54 Å². The Labute approximate surface area is 166 Å². The molecule has 0 saturated heterocycles. The number of hydrogen-bond acceptors (Lipinski definition) is 2. The quantitative estimate of drug-likeness (QED) is 0.478. The highest BCUT2D eigenvalue weighted by Crippen LogP contribution is 2.26. The van der Waals surface area contributed by atoms with Gasteiger partial charge in [-0.3, -0.25) is 9.36 Å². The molecule has 0 radical (unpaired) electrons. The van der Waals surface area contributed by atoms with Crippen LogP contribution in [0.5, 0.6) is 0 Å². The zero-order chi connectivity index (χ0) is 19.1. The predicted octanol–water partition coefficient (Wildman–Crippen LogP) is 5.16. The van der Waals surface area contributed by atoms with Crippen molar-refractivity contribution in [2.45, 2.75) is 20.4 Å². The van der Waals surface area contributed by atoms with Gasteiger partial charge >= 0.3 is 0 Å². The number of rotatable bonds is 3. The van der Waals surface area contributed by atoms with E-state index >= 15 is 0 Å². The van der Waals surface area contributed by atoms with Crippen LogP contribution < -0.4 is 5.56 Å². The molecule has 4 aromatic rings. The Morgan fingerprint density at radius 3 is 2.44 bits per heavy atom. The Balaban J connectivity index is 2.01. The van der Waals surface area contributed by atoms with E-state index in [0.29, 0.717) is 16.6 Å². The molecule has 0 saturated carbocycles. The number of aromatic nitrogens is 3. The lowest BCUT2D eigenvalue weighted by Crippen LogP contribution is -2.22. The minimum atomic E-state index is -0.0944. The molecule has 2 aromatic carbocycles. The zero-order valence-electron chi connectivity index (χ0n) is 14.9. The highest BCUT2D eigenvalue weighted by Gasteiger charge is 2.17. The van der Waals surface area contributed by atoms with E-state index in [1.165, 1.54) is 0 Å². The highest BCUT2D eigenvalue weighted by molar-refractivity contribution is 6.35. The Bertz CT molecular complexity index is 1210. The second-order valence-electron chi connectivity index (χ2n) is 6.52. The van der Waals surface area contributed by atoms with Crippen LogP contribution in [0, 0.1) is 13.8 Å². The van der Waals surface area contributed by atoms with Gasteiger partial charge in [-0.05, 0) is 49.2 Å². The first kappa shape index (κ1) is 17.8. The minimum Gasteiger partial charge on any atom is -0.288 e. The summed E-state index contributed by atoms with van der Waals surface area (Å²) in [5, 5.41) is 6.78. The highest BCUT2D eigenvalue weighted by atomic mass is 35.5. The molecule has 0 atom stereocenters. The predicted molar refractivity (Wildman–Crippen MR) is 110 cm³/mol. The van der Waals surface area contributed by atoms with Gasteiger partial charge in [0.25, 0.3) is 5.56 Å². The van der Waals surface area contributed by atoms with Gasteiger partial charge in [0.2, 0.25) is 0 Å². The number of halogens is 2. The maximum Gasteiger partial charge on any atom is 0.252 e. The lowest BCUT2D eigenvalue weighted by Gasteiger charge is -2.13. The molecule has 0 bridgehead atoms. The Hall–Kier alpha value is -2.56. The lowest BCUT2D eigenvalue weighted by atomic mass is 10.1. The topological polar surface area (TPSA) is 39.8 Å². The van der Waals surface area contributed by atoms with Crippen molar-refractivity contribution in [2.75, 3.05) is 0 Å². The van der Waals surface area contributed by atoms with E-state index < -0.39 is 0 Å². The van der Waals surface area contributed by atoms with Gasteiger partial charge in [0, 0.05) is 21.5 Å². The number of pyridine rings is 1. The summed E-state index contributed by atoms with van der Waals surface area (Å²) in [6.45, 7) is 4.23. The molecule has 0 spiro atoms. The first-order chi connectivity index (χ1) is 13.0. The van der Waals surface area contributed by atoms with Gasteiger partial charge in [-0.1, -0.05) is 47.5 Å². The van der Waals surface area contributed by atoms with E-state index in [2.05, 4.69) is 0 Å². The molecule has 0 fully saturated rings. The van der Waals surface area contributed by atoms with E-state index in [9.17, 15) is 4.79 Å². The fraction of sp³-hybridized carbons (Fsp3) is 0.143. The number of benzene rings is 2. The summed E-state index contributed by atoms with van der Waals surface area (Å²) in [4.78, 5) is 12.9. The Morgan fingerprint density at radius 2 is 1.74 bits per heavy atom. The number of fused-ring (bicyclic) bond motifs is 1. The molecule has 0 unspecified atom stereocenters. The summed E-state index contributed by atoms with van der Waals surface area (Å²) in [5.41, 5.74) is 4.18. The van der Waals surface area contributed by atoms with Crippen molar-refractivity contribution in [1.29, 1.82) is 0 Å². The number of aryl methyl sites for hydroxylation is 2. The van der Waals surface area contributed by atoms with E-state index in [1.807, 2.05) is 54.9 Å². The summed E-state index contributed by atoms with van der Waals surface area (Å²) in [5.74, 6) is 0. The van der Waals surface area contributed by atoms with Gasteiger partial charge < -0.3 is 0 Å². The summed E-state index contributed by atoms with van der Waals surface area (Å²) >= 11 is 12.4. The minimum absolute atomic E-state index is 0.0944. The molecular formula is C21H17Cl2N3O. The van der Waals surface area contributed by atoms with Gasteiger partial charge in [0.1, 0.15) is 5.65 Å². The van der Waals surface area contributed by atoms with Crippen LogP contribution in [0.25, 0.3) is 16.7 Å². The van der Waals surface area contributed by atoms with Crippen molar-refractivity contribution in [3.63, 3.8) is 0 Å². The number of hydrogen-bond donors (Lipinski definition) is 0. The Morgan fingerprint density at radius 1 is 1.00 bits per heavy atom. The average molecular weight is 398 g/mol. The van der Waals surface area contributed by atoms with Crippen molar-refractivity contribution in [3.05, 3.63) is 91.8 Å². The van der Waals surface area contributed by atoms with Crippen molar-refractivity contribution in [2.24, 2.45) is 0 Å². The van der Waals surface area contributed by atoms with Gasteiger partial charge in [-0.25, -0.2) is 4.68 Å². The summed E-state index contributed by atoms with van der Waals surface area (Å²) in [7, 11) is 0. The molecule has 0 aliphatic carbocycles. The fourth-order valence-corrected chi connectivity index (χ4v) is 3.86. The van der Waals surface area contributed by atoms with Crippen LogP contribution in [0.3, 0.4) is 0 Å². The standard InChI is InChI=1S/C21H17Cl2N3O/c1-13-10-19(27)25(12-15-8-9-16(22)11-18(15)23)21-20(13)14(2)24-26(21)17-6-4-3-5-7-17/h3-11H,12H2,1-2H3. The van der Waals surface area contributed by atoms with Gasteiger partial charge in [0.15, 0.2) is 0 Å². The van der Waals surface area contributed by atoms with Gasteiger partial charge in [0.05, 0.1) is 17.9 Å². The second-order valence-corrected chi connectivity index (χ2v) is 7.36. The van der Waals surface area contributed by atoms with E-state index in [1.54, 1.807) is 22.8 Å². The molecule has 0 aliphatic heterocycles.